The molecule has 0 radical (unpaired) electrons. The molecule has 0 aliphatic carbocycles. The first-order valence-electron chi connectivity index (χ1n) is 10.5. The zero-order chi connectivity index (χ0) is 19.3. The maximum absolute atomic E-state index is 12.6. The standard InChI is InChI=1S/C24H30N2O2/c1-19-6-4-13-26(19)14-5-15-28-23-11-9-20(10-12-23)24(27)18-25-16-21-7-2-3-8-22(21)17-25/h2-3,7-12,19H,4-6,13-18H2,1H3. The number of Topliss-reactive ketones (excluding diaryl/α,β-unsaturated/α-hetero) is 1. The fraction of sp³-hybridized carbons (Fsp3) is 0.458. The topological polar surface area (TPSA) is 32.8 Å². The van der Waals surface area contributed by atoms with Crippen LogP contribution in [0.5, 0.6) is 5.75 Å². The number of benzene rings is 2. The third-order valence-electron chi connectivity index (χ3n) is 6.00. The Morgan fingerprint density at radius 3 is 2.43 bits per heavy atom. The lowest BCUT2D eigenvalue weighted by Gasteiger charge is -2.20. The molecule has 1 unspecified atom stereocenters. The van der Waals surface area contributed by atoms with Crippen molar-refractivity contribution in [1.29, 1.82) is 0 Å². The molecule has 148 valence electrons. The van der Waals surface area contributed by atoms with Gasteiger partial charge in [-0.2, -0.15) is 0 Å². The Kier molecular flexibility index (Phi) is 6.08. The number of ketones is 1. The fourth-order valence-electron chi connectivity index (χ4n) is 4.33. The molecular formula is C24H30N2O2. The van der Waals surface area contributed by atoms with Gasteiger partial charge in [0.2, 0.25) is 0 Å². The normalized spacial score (nSPS) is 19.7. The van der Waals surface area contributed by atoms with Crippen molar-refractivity contribution in [1.82, 2.24) is 9.80 Å². The van der Waals surface area contributed by atoms with Crippen molar-refractivity contribution in [3.05, 3.63) is 65.2 Å². The van der Waals surface area contributed by atoms with E-state index in [0.29, 0.717) is 12.6 Å². The molecule has 0 aromatic heterocycles. The van der Waals surface area contributed by atoms with Gasteiger partial charge in [0.1, 0.15) is 5.75 Å². The Labute approximate surface area is 168 Å². The Morgan fingerprint density at radius 1 is 1.07 bits per heavy atom. The number of likely N-dealkylation sites (tertiary alicyclic amines) is 1. The molecule has 2 aromatic rings. The molecule has 0 amide bonds. The fourth-order valence-corrected chi connectivity index (χ4v) is 4.33. The predicted molar refractivity (Wildman–Crippen MR) is 112 cm³/mol. The summed E-state index contributed by atoms with van der Waals surface area (Å²) in [6.45, 7) is 7.55. The van der Waals surface area contributed by atoms with Crippen molar-refractivity contribution < 1.29 is 9.53 Å². The van der Waals surface area contributed by atoms with Crippen LogP contribution in [0.25, 0.3) is 0 Å². The zero-order valence-corrected chi connectivity index (χ0v) is 16.8. The average molecular weight is 379 g/mol. The van der Waals surface area contributed by atoms with Gasteiger partial charge in [-0.15, -0.1) is 0 Å². The van der Waals surface area contributed by atoms with Crippen LogP contribution in [0, 0.1) is 0 Å². The summed E-state index contributed by atoms with van der Waals surface area (Å²) in [7, 11) is 0. The summed E-state index contributed by atoms with van der Waals surface area (Å²) >= 11 is 0. The molecule has 1 atom stereocenters. The van der Waals surface area contributed by atoms with Gasteiger partial charge >= 0.3 is 0 Å². The lowest BCUT2D eigenvalue weighted by molar-refractivity contribution is 0.0929. The van der Waals surface area contributed by atoms with Crippen LogP contribution in [-0.2, 0) is 13.1 Å². The Hall–Kier alpha value is -2.17. The van der Waals surface area contributed by atoms with Gasteiger partial charge in [0.15, 0.2) is 5.78 Å². The molecule has 1 saturated heterocycles. The van der Waals surface area contributed by atoms with E-state index in [4.69, 9.17) is 4.74 Å². The van der Waals surface area contributed by atoms with Crippen LogP contribution in [0.4, 0.5) is 0 Å². The third-order valence-corrected chi connectivity index (χ3v) is 6.00. The van der Waals surface area contributed by atoms with E-state index in [9.17, 15) is 4.79 Å². The van der Waals surface area contributed by atoms with E-state index < -0.39 is 0 Å². The number of hydrogen-bond donors (Lipinski definition) is 0. The molecule has 28 heavy (non-hydrogen) atoms. The van der Waals surface area contributed by atoms with E-state index >= 15 is 0 Å². The van der Waals surface area contributed by atoms with Crippen molar-refractivity contribution in [2.45, 2.75) is 45.3 Å². The first-order valence-corrected chi connectivity index (χ1v) is 10.5. The first-order chi connectivity index (χ1) is 13.7. The molecule has 1 fully saturated rings. The average Bonchev–Trinajstić information content (AvgIpc) is 3.31. The van der Waals surface area contributed by atoms with Gasteiger partial charge in [-0.3, -0.25) is 9.69 Å². The maximum atomic E-state index is 12.6. The lowest BCUT2D eigenvalue weighted by atomic mass is 10.1. The number of hydrogen-bond acceptors (Lipinski definition) is 4. The first kappa shape index (κ1) is 19.2. The summed E-state index contributed by atoms with van der Waals surface area (Å²) < 4.78 is 5.86. The van der Waals surface area contributed by atoms with Gasteiger partial charge in [-0.05, 0) is 68.1 Å². The number of carbonyl (C=O) groups is 1. The molecule has 4 heteroatoms. The summed E-state index contributed by atoms with van der Waals surface area (Å²) in [5, 5.41) is 0. The molecule has 2 aliphatic rings. The second-order valence-electron chi connectivity index (χ2n) is 8.09. The zero-order valence-electron chi connectivity index (χ0n) is 16.8. The largest absolute Gasteiger partial charge is 0.494 e. The van der Waals surface area contributed by atoms with Gasteiger partial charge in [0.05, 0.1) is 13.2 Å². The van der Waals surface area contributed by atoms with Crippen LogP contribution in [0.2, 0.25) is 0 Å². The number of carbonyl (C=O) groups excluding carboxylic acids is 1. The molecule has 2 aliphatic heterocycles. The number of ether oxygens (including phenoxy) is 1. The molecule has 0 saturated carbocycles. The minimum absolute atomic E-state index is 0.169. The molecule has 0 N–H and O–H groups in total. The highest BCUT2D eigenvalue weighted by molar-refractivity contribution is 5.97. The summed E-state index contributed by atoms with van der Waals surface area (Å²) in [5.74, 6) is 1.02. The monoisotopic (exact) mass is 378 g/mol. The van der Waals surface area contributed by atoms with E-state index in [1.807, 2.05) is 24.3 Å². The molecular weight excluding hydrogens is 348 g/mol. The molecule has 4 nitrogen and oxygen atoms in total. The Morgan fingerprint density at radius 2 is 1.79 bits per heavy atom. The summed E-state index contributed by atoms with van der Waals surface area (Å²) in [6, 6.07) is 16.8. The molecule has 0 bridgehead atoms. The highest BCUT2D eigenvalue weighted by Crippen LogP contribution is 2.23. The number of rotatable bonds is 8. The van der Waals surface area contributed by atoms with Crippen molar-refractivity contribution in [3.63, 3.8) is 0 Å². The van der Waals surface area contributed by atoms with Crippen LogP contribution in [0.1, 0.15) is 47.7 Å². The SMILES string of the molecule is CC1CCCN1CCCOc1ccc(C(=O)CN2Cc3ccccc3C2)cc1. The van der Waals surface area contributed by atoms with Crippen molar-refractivity contribution in [3.8, 4) is 5.75 Å². The minimum Gasteiger partial charge on any atom is -0.494 e. The second kappa shape index (κ2) is 8.89. The highest BCUT2D eigenvalue weighted by Gasteiger charge is 2.21. The van der Waals surface area contributed by atoms with Crippen LogP contribution in [-0.4, -0.2) is 47.9 Å². The molecule has 2 heterocycles. The van der Waals surface area contributed by atoms with Crippen LogP contribution in [0.3, 0.4) is 0 Å². The summed E-state index contributed by atoms with van der Waals surface area (Å²) in [6.07, 6.45) is 3.68. The number of nitrogens with zero attached hydrogens (tertiary/aromatic N) is 2. The van der Waals surface area contributed by atoms with Gasteiger partial charge < -0.3 is 9.64 Å². The summed E-state index contributed by atoms with van der Waals surface area (Å²) in [5.41, 5.74) is 3.43. The maximum Gasteiger partial charge on any atom is 0.176 e. The van der Waals surface area contributed by atoms with E-state index in [1.165, 1.54) is 30.5 Å². The molecule has 0 spiro atoms. The van der Waals surface area contributed by atoms with Crippen LogP contribution >= 0.6 is 0 Å². The smallest absolute Gasteiger partial charge is 0.176 e. The van der Waals surface area contributed by atoms with E-state index in [-0.39, 0.29) is 5.78 Å². The minimum atomic E-state index is 0.169. The van der Waals surface area contributed by atoms with E-state index in [0.717, 1.165) is 44.0 Å². The predicted octanol–water partition coefficient (Wildman–Crippen LogP) is 4.14. The van der Waals surface area contributed by atoms with Gasteiger partial charge in [0.25, 0.3) is 0 Å². The Balaban J connectivity index is 1.21. The summed E-state index contributed by atoms with van der Waals surface area (Å²) in [4.78, 5) is 17.4. The van der Waals surface area contributed by atoms with Gasteiger partial charge in [-0.1, -0.05) is 24.3 Å². The van der Waals surface area contributed by atoms with Crippen molar-refractivity contribution in [2.75, 3.05) is 26.2 Å². The van der Waals surface area contributed by atoms with Crippen molar-refractivity contribution in [2.24, 2.45) is 0 Å². The third kappa shape index (κ3) is 4.62. The lowest BCUT2D eigenvalue weighted by Crippen LogP contribution is -2.28. The van der Waals surface area contributed by atoms with E-state index in [2.05, 4.69) is 41.0 Å². The van der Waals surface area contributed by atoms with E-state index in [1.54, 1.807) is 0 Å². The van der Waals surface area contributed by atoms with Crippen LogP contribution < -0.4 is 4.74 Å². The van der Waals surface area contributed by atoms with Crippen LogP contribution in [0.15, 0.2) is 48.5 Å². The van der Waals surface area contributed by atoms with Gasteiger partial charge in [0, 0.05) is 31.2 Å². The quantitative estimate of drug-likeness (QED) is 0.511. The highest BCUT2D eigenvalue weighted by atomic mass is 16.5. The second-order valence-corrected chi connectivity index (χ2v) is 8.09. The Bertz CT molecular complexity index is 778. The van der Waals surface area contributed by atoms with Gasteiger partial charge in [-0.25, -0.2) is 0 Å². The molecule has 2 aromatic carbocycles. The molecule has 4 rings (SSSR count). The van der Waals surface area contributed by atoms with Crippen molar-refractivity contribution >= 4 is 5.78 Å². The number of fused-ring (bicyclic) bond motifs is 1.